The van der Waals surface area contributed by atoms with Crippen molar-refractivity contribution in [3.63, 3.8) is 0 Å². The van der Waals surface area contributed by atoms with E-state index in [2.05, 4.69) is 10.3 Å². The molecule has 1 heterocycles. The van der Waals surface area contributed by atoms with E-state index in [-0.39, 0.29) is 11.4 Å². The lowest BCUT2D eigenvalue weighted by atomic mass is 10.2. The Morgan fingerprint density at radius 2 is 1.96 bits per heavy atom. The predicted octanol–water partition coefficient (Wildman–Crippen LogP) is 4.24. The second kappa shape index (κ2) is 6.75. The lowest BCUT2D eigenvalue weighted by Crippen LogP contribution is -2.15. The molecule has 0 radical (unpaired) electrons. The first kappa shape index (κ1) is 15.4. The van der Waals surface area contributed by atoms with Crippen LogP contribution in [0.1, 0.15) is 0 Å². The van der Waals surface area contributed by atoms with E-state index in [0.717, 1.165) is 34.0 Å². The molecule has 3 nitrogen and oxygen atoms in total. The highest BCUT2D eigenvalue weighted by Crippen LogP contribution is 2.26. The van der Waals surface area contributed by atoms with E-state index in [1.807, 2.05) is 30.3 Å². The van der Waals surface area contributed by atoms with Gasteiger partial charge in [-0.2, -0.15) is 0 Å². The zero-order valence-corrected chi connectivity index (χ0v) is 12.7. The van der Waals surface area contributed by atoms with E-state index in [4.69, 9.17) is 0 Å². The molecule has 0 unspecified atom stereocenters. The van der Waals surface area contributed by atoms with Gasteiger partial charge in [0.1, 0.15) is 11.6 Å². The molecule has 116 valence electrons. The molecule has 1 aromatic heterocycles. The normalized spacial score (nSPS) is 10.7. The van der Waals surface area contributed by atoms with Crippen molar-refractivity contribution in [2.45, 2.75) is 4.90 Å². The van der Waals surface area contributed by atoms with E-state index < -0.39 is 17.5 Å². The molecular formula is C17H12F2N2OS. The molecule has 0 spiro atoms. The number of benzene rings is 2. The van der Waals surface area contributed by atoms with Crippen molar-refractivity contribution >= 4 is 34.3 Å². The van der Waals surface area contributed by atoms with E-state index >= 15 is 0 Å². The Bertz CT molecular complexity index is 865. The van der Waals surface area contributed by atoms with Gasteiger partial charge < -0.3 is 5.32 Å². The summed E-state index contributed by atoms with van der Waals surface area (Å²) in [5.74, 6) is -1.61. The minimum Gasteiger partial charge on any atom is -0.323 e. The van der Waals surface area contributed by atoms with E-state index in [1.165, 1.54) is 11.8 Å². The van der Waals surface area contributed by atoms with Gasteiger partial charge in [-0.05, 0) is 24.3 Å². The number of halogens is 2. The lowest BCUT2D eigenvalue weighted by Gasteiger charge is -2.07. The molecule has 3 aromatic rings. The minimum absolute atomic E-state index is 0.0750. The monoisotopic (exact) mass is 330 g/mol. The van der Waals surface area contributed by atoms with Crippen LogP contribution in [0, 0.1) is 11.6 Å². The molecule has 0 aliphatic rings. The molecule has 1 N–H and O–H groups in total. The molecule has 0 aliphatic heterocycles. The van der Waals surface area contributed by atoms with Crippen LogP contribution in [0.25, 0.3) is 10.9 Å². The minimum atomic E-state index is -0.670. The zero-order valence-electron chi connectivity index (χ0n) is 11.9. The quantitative estimate of drug-likeness (QED) is 0.727. The first-order valence-corrected chi connectivity index (χ1v) is 7.83. The smallest absolute Gasteiger partial charge is 0.234 e. The number of hydrogen-bond donors (Lipinski definition) is 1. The summed E-state index contributed by atoms with van der Waals surface area (Å²) in [7, 11) is 0. The van der Waals surface area contributed by atoms with Gasteiger partial charge in [-0.25, -0.2) is 8.78 Å². The summed E-state index contributed by atoms with van der Waals surface area (Å²) in [5, 5.41) is 3.35. The fourth-order valence-electron chi connectivity index (χ4n) is 2.12. The van der Waals surface area contributed by atoms with Gasteiger partial charge in [0.2, 0.25) is 5.91 Å². The Kier molecular flexibility index (Phi) is 4.52. The maximum Gasteiger partial charge on any atom is 0.234 e. The van der Waals surface area contributed by atoms with Gasteiger partial charge in [0, 0.05) is 22.5 Å². The molecule has 0 bridgehead atoms. The van der Waals surface area contributed by atoms with Crippen LogP contribution in [-0.4, -0.2) is 16.6 Å². The number of para-hydroxylation sites is 1. The Morgan fingerprint density at radius 3 is 2.83 bits per heavy atom. The number of pyridine rings is 1. The molecular weight excluding hydrogens is 318 g/mol. The molecule has 0 atom stereocenters. The standard InChI is InChI=1S/C17H12F2N2OS/c18-12-6-7-13(19)14(9-12)21-16(22)10-23-15-5-1-3-11-4-2-8-20-17(11)15/h1-9H,10H2,(H,21,22). The maximum atomic E-state index is 13.5. The number of nitrogens with one attached hydrogen (secondary N) is 1. The lowest BCUT2D eigenvalue weighted by molar-refractivity contribution is -0.113. The molecule has 23 heavy (non-hydrogen) atoms. The number of aromatic nitrogens is 1. The first-order chi connectivity index (χ1) is 11.1. The second-order valence-electron chi connectivity index (χ2n) is 4.79. The highest BCUT2D eigenvalue weighted by Gasteiger charge is 2.10. The SMILES string of the molecule is O=C(CSc1cccc2cccnc12)Nc1cc(F)ccc1F. The third kappa shape index (κ3) is 3.65. The summed E-state index contributed by atoms with van der Waals surface area (Å²) in [6.45, 7) is 0. The van der Waals surface area contributed by atoms with Gasteiger partial charge in [0.25, 0.3) is 0 Å². The maximum absolute atomic E-state index is 13.5. The zero-order chi connectivity index (χ0) is 16.2. The number of hydrogen-bond acceptors (Lipinski definition) is 3. The van der Waals surface area contributed by atoms with Gasteiger partial charge in [-0.1, -0.05) is 18.2 Å². The van der Waals surface area contributed by atoms with E-state index in [9.17, 15) is 13.6 Å². The Hall–Kier alpha value is -2.47. The highest BCUT2D eigenvalue weighted by molar-refractivity contribution is 8.00. The van der Waals surface area contributed by atoms with Crippen molar-refractivity contribution in [2.75, 3.05) is 11.1 Å². The van der Waals surface area contributed by atoms with E-state index in [0.29, 0.717) is 0 Å². The average molecular weight is 330 g/mol. The Labute approximate surface area is 135 Å². The fourth-order valence-corrected chi connectivity index (χ4v) is 2.96. The molecule has 0 fully saturated rings. The van der Waals surface area contributed by atoms with Crippen LogP contribution in [0.4, 0.5) is 14.5 Å². The molecule has 3 rings (SSSR count). The molecule has 0 aliphatic carbocycles. The first-order valence-electron chi connectivity index (χ1n) is 6.85. The molecule has 0 saturated heterocycles. The van der Waals surface area contributed by atoms with Crippen molar-refractivity contribution in [1.82, 2.24) is 4.98 Å². The van der Waals surface area contributed by atoms with Gasteiger partial charge in [0.05, 0.1) is 17.0 Å². The number of thioether (sulfide) groups is 1. The third-order valence-electron chi connectivity index (χ3n) is 3.16. The van der Waals surface area contributed by atoms with Gasteiger partial charge in [0.15, 0.2) is 0 Å². The highest BCUT2D eigenvalue weighted by atomic mass is 32.2. The predicted molar refractivity (Wildman–Crippen MR) is 87.5 cm³/mol. The average Bonchev–Trinajstić information content (AvgIpc) is 2.56. The fraction of sp³-hybridized carbons (Fsp3) is 0.0588. The van der Waals surface area contributed by atoms with Crippen LogP contribution < -0.4 is 5.32 Å². The summed E-state index contributed by atoms with van der Waals surface area (Å²) in [5.41, 5.74) is 0.649. The second-order valence-corrected chi connectivity index (χ2v) is 5.81. The van der Waals surface area contributed by atoms with Crippen molar-refractivity contribution in [3.8, 4) is 0 Å². The van der Waals surface area contributed by atoms with E-state index in [1.54, 1.807) is 6.20 Å². The van der Waals surface area contributed by atoms with Crippen LogP contribution in [0.15, 0.2) is 59.6 Å². The van der Waals surface area contributed by atoms with Crippen LogP contribution >= 0.6 is 11.8 Å². The number of rotatable bonds is 4. The van der Waals surface area contributed by atoms with Crippen molar-refractivity contribution < 1.29 is 13.6 Å². The number of amides is 1. The third-order valence-corrected chi connectivity index (χ3v) is 4.20. The van der Waals surface area contributed by atoms with Gasteiger partial charge in [-0.3, -0.25) is 9.78 Å². The summed E-state index contributed by atoms with van der Waals surface area (Å²) in [4.78, 5) is 17.1. The summed E-state index contributed by atoms with van der Waals surface area (Å²) in [6.07, 6.45) is 1.69. The molecule has 0 saturated carbocycles. The molecule has 6 heteroatoms. The van der Waals surface area contributed by atoms with Crippen molar-refractivity contribution in [1.29, 1.82) is 0 Å². The summed E-state index contributed by atoms with van der Waals surface area (Å²) in [6, 6.07) is 12.4. The van der Waals surface area contributed by atoms with Gasteiger partial charge >= 0.3 is 0 Å². The number of nitrogens with zero attached hydrogens (tertiary/aromatic N) is 1. The van der Waals surface area contributed by atoms with Crippen molar-refractivity contribution in [3.05, 3.63) is 66.4 Å². The summed E-state index contributed by atoms with van der Waals surface area (Å²) >= 11 is 1.30. The molecule has 2 aromatic carbocycles. The van der Waals surface area contributed by atoms with Crippen LogP contribution in [0.5, 0.6) is 0 Å². The van der Waals surface area contributed by atoms with Crippen LogP contribution in [0.3, 0.4) is 0 Å². The summed E-state index contributed by atoms with van der Waals surface area (Å²) < 4.78 is 26.6. The topological polar surface area (TPSA) is 42.0 Å². The van der Waals surface area contributed by atoms with Crippen molar-refractivity contribution in [2.24, 2.45) is 0 Å². The van der Waals surface area contributed by atoms with Gasteiger partial charge in [-0.15, -0.1) is 11.8 Å². The number of anilines is 1. The Balaban J connectivity index is 1.70. The number of carbonyl (C=O) groups excluding carboxylic acids is 1. The largest absolute Gasteiger partial charge is 0.323 e. The number of fused-ring (bicyclic) bond motifs is 1. The number of carbonyl (C=O) groups is 1. The Morgan fingerprint density at radius 1 is 1.13 bits per heavy atom. The van der Waals surface area contributed by atoms with Crippen LogP contribution in [-0.2, 0) is 4.79 Å². The molecule has 1 amide bonds. The van der Waals surface area contributed by atoms with Crippen LogP contribution in [0.2, 0.25) is 0 Å².